The second-order valence-corrected chi connectivity index (χ2v) is 6.01. The molecule has 0 atom stereocenters. The molecule has 0 saturated carbocycles. The molecule has 1 aromatic heterocycles. The molecule has 122 valence electrons. The smallest absolute Gasteiger partial charge is 0.189 e. The van der Waals surface area contributed by atoms with E-state index in [4.69, 9.17) is 0 Å². The quantitative estimate of drug-likeness (QED) is 0.522. The van der Waals surface area contributed by atoms with E-state index in [1.54, 1.807) is 24.4 Å². The Kier molecular flexibility index (Phi) is 4.76. The Morgan fingerprint density at radius 1 is 1.04 bits per heavy atom. The molecule has 0 amide bonds. The Labute approximate surface area is 143 Å². The van der Waals surface area contributed by atoms with Gasteiger partial charge in [-0.25, -0.2) is 18.7 Å². The molecule has 0 unspecified atom stereocenters. The van der Waals surface area contributed by atoms with Crippen LogP contribution in [0.5, 0.6) is 0 Å². The van der Waals surface area contributed by atoms with Crippen molar-refractivity contribution in [2.75, 3.05) is 11.6 Å². The molecule has 1 heterocycles. The first-order valence-electron chi connectivity index (χ1n) is 7.27. The molecule has 0 spiro atoms. The van der Waals surface area contributed by atoms with E-state index in [1.165, 1.54) is 30.0 Å². The average molecular weight is 343 g/mol. The van der Waals surface area contributed by atoms with Crippen molar-refractivity contribution in [3.05, 3.63) is 65.9 Å². The summed E-state index contributed by atoms with van der Waals surface area (Å²) in [4.78, 5) is 8.69. The largest absolute Gasteiger partial charge is 0.337 e. The van der Waals surface area contributed by atoms with Gasteiger partial charge in [0.1, 0.15) is 17.5 Å². The highest BCUT2D eigenvalue weighted by Gasteiger charge is 2.12. The van der Waals surface area contributed by atoms with E-state index in [-0.39, 0.29) is 11.6 Å². The number of benzene rings is 2. The number of thioether (sulfide) groups is 1. The van der Waals surface area contributed by atoms with Gasteiger partial charge in [0.15, 0.2) is 5.16 Å². The third kappa shape index (κ3) is 3.54. The van der Waals surface area contributed by atoms with E-state index in [0.29, 0.717) is 22.2 Å². The first-order chi connectivity index (χ1) is 11.6. The Bertz CT molecular complexity index is 867. The van der Waals surface area contributed by atoms with Crippen molar-refractivity contribution in [3.8, 4) is 11.1 Å². The predicted octanol–water partition coefficient (Wildman–Crippen LogP) is 5.20. The van der Waals surface area contributed by atoms with Gasteiger partial charge in [-0.1, -0.05) is 30.0 Å². The standard InChI is InChI=1S/C18H15F2N3S/c1-11-3-8-16(15(20)9-11)22-17-14(10-21-18(23-17)24-2)12-4-6-13(19)7-5-12/h3-10H,1-2H3,(H,21,22,23). The normalized spacial score (nSPS) is 10.7. The zero-order valence-corrected chi connectivity index (χ0v) is 14.0. The molecular weight excluding hydrogens is 328 g/mol. The van der Waals surface area contributed by atoms with Gasteiger partial charge in [-0.15, -0.1) is 0 Å². The van der Waals surface area contributed by atoms with Gasteiger partial charge < -0.3 is 5.32 Å². The van der Waals surface area contributed by atoms with Gasteiger partial charge in [-0.05, 0) is 48.6 Å². The topological polar surface area (TPSA) is 37.8 Å². The zero-order valence-electron chi connectivity index (χ0n) is 13.2. The first kappa shape index (κ1) is 16.4. The molecule has 1 N–H and O–H groups in total. The van der Waals surface area contributed by atoms with Gasteiger partial charge >= 0.3 is 0 Å². The van der Waals surface area contributed by atoms with Crippen molar-refractivity contribution in [2.24, 2.45) is 0 Å². The van der Waals surface area contributed by atoms with E-state index in [9.17, 15) is 8.78 Å². The monoisotopic (exact) mass is 343 g/mol. The number of aryl methyl sites for hydroxylation is 1. The predicted molar refractivity (Wildman–Crippen MR) is 93.6 cm³/mol. The zero-order chi connectivity index (χ0) is 17.1. The lowest BCUT2D eigenvalue weighted by Gasteiger charge is -2.13. The molecule has 3 rings (SSSR count). The van der Waals surface area contributed by atoms with Crippen molar-refractivity contribution >= 4 is 23.3 Å². The van der Waals surface area contributed by atoms with Crippen LogP contribution in [0.25, 0.3) is 11.1 Å². The molecule has 0 saturated heterocycles. The minimum atomic E-state index is -0.357. The minimum absolute atomic E-state index is 0.320. The molecule has 0 bridgehead atoms. The Morgan fingerprint density at radius 2 is 1.79 bits per heavy atom. The van der Waals surface area contributed by atoms with Gasteiger partial charge in [0.05, 0.1) is 5.69 Å². The number of rotatable bonds is 4. The van der Waals surface area contributed by atoms with Crippen LogP contribution in [0.2, 0.25) is 0 Å². The summed E-state index contributed by atoms with van der Waals surface area (Å²) in [6, 6.07) is 11.0. The van der Waals surface area contributed by atoms with E-state index in [1.807, 2.05) is 19.2 Å². The fourth-order valence-electron chi connectivity index (χ4n) is 2.25. The van der Waals surface area contributed by atoms with Crippen LogP contribution >= 0.6 is 11.8 Å². The van der Waals surface area contributed by atoms with Crippen molar-refractivity contribution in [1.29, 1.82) is 0 Å². The second-order valence-electron chi connectivity index (χ2n) is 5.23. The third-order valence-corrected chi connectivity index (χ3v) is 4.04. The molecule has 3 nitrogen and oxygen atoms in total. The van der Waals surface area contributed by atoms with Gasteiger partial charge in [-0.3, -0.25) is 0 Å². The lowest BCUT2D eigenvalue weighted by Crippen LogP contribution is -2.01. The highest BCUT2D eigenvalue weighted by Crippen LogP contribution is 2.30. The number of halogens is 2. The van der Waals surface area contributed by atoms with Crippen LogP contribution in [-0.4, -0.2) is 16.2 Å². The maximum absolute atomic E-state index is 14.1. The van der Waals surface area contributed by atoms with Crippen molar-refractivity contribution in [2.45, 2.75) is 12.1 Å². The van der Waals surface area contributed by atoms with Crippen LogP contribution in [-0.2, 0) is 0 Å². The Hall–Kier alpha value is -2.47. The molecule has 6 heteroatoms. The lowest BCUT2D eigenvalue weighted by molar-refractivity contribution is 0.628. The maximum Gasteiger partial charge on any atom is 0.189 e. The highest BCUT2D eigenvalue weighted by atomic mass is 32.2. The fraction of sp³-hybridized carbons (Fsp3) is 0.111. The molecule has 0 aliphatic carbocycles. The summed E-state index contributed by atoms with van der Waals surface area (Å²) in [7, 11) is 0. The third-order valence-electron chi connectivity index (χ3n) is 3.48. The Morgan fingerprint density at radius 3 is 2.46 bits per heavy atom. The van der Waals surface area contributed by atoms with Gasteiger partial charge in [0, 0.05) is 11.8 Å². The van der Waals surface area contributed by atoms with E-state index >= 15 is 0 Å². The second kappa shape index (κ2) is 6.97. The van der Waals surface area contributed by atoms with Crippen molar-refractivity contribution in [1.82, 2.24) is 9.97 Å². The van der Waals surface area contributed by atoms with Gasteiger partial charge in [0.25, 0.3) is 0 Å². The highest BCUT2D eigenvalue weighted by molar-refractivity contribution is 7.98. The molecular formula is C18H15F2N3S. The maximum atomic E-state index is 14.1. The number of hydrogen-bond donors (Lipinski definition) is 1. The first-order valence-corrected chi connectivity index (χ1v) is 8.49. The summed E-state index contributed by atoms with van der Waals surface area (Å²) >= 11 is 1.39. The number of nitrogens with zero attached hydrogens (tertiary/aromatic N) is 2. The van der Waals surface area contributed by atoms with Gasteiger partial charge in [-0.2, -0.15) is 0 Å². The van der Waals surface area contributed by atoms with E-state index in [2.05, 4.69) is 15.3 Å². The summed E-state index contributed by atoms with van der Waals surface area (Å²) in [5.74, 6) is -0.201. The van der Waals surface area contributed by atoms with Crippen molar-refractivity contribution < 1.29 is 8.78 Å². The van der Waals surface area contributed by atoms with E-state index in [0.717, 1.165) is 11.1 Å². The van der Waals surface area contributed by atoms with Crippen LogP contribution in [0.3, 0.4) is 0 Å². The summed E-state index contributed by atoms with van der Waals surface area (Å²) < 4.78 is 27.3. The van der Waals surface area contributed by atoms with Crippen molar-refractivity contribution in [3.63, 3.8) is 0 Å². The molecule has 0 aliphatic heterocycles. The van der Waals surface area contributed by atoms with E-state index < -0.39 is 0 Å². The number of hydrogen-bond acceptors (Lipinski definition) is 4. The molecule has 24 heavy (non-hydrogen) atoms. The Balaban J connectivity index is 2.05. The summed E-state index contributed by atoms with van der Waals surface area (Å²) in [6.07, 6.45) is 3.52. The molecule has 0 aliphatic rings. The number of aromatic nitrogens is 2. The van der Waals surface area contributed by atoms with Crippen LogP contribution < -0.4 is 5.32 Å². The SMILES string of the molecule is CSc1ncc(-c2ccc(F)cc2)c(Nc2ccc(C)cc2F)n1. The number of nitrogens with one attached hydrogen (secondary N) is 1. The number of anilines is 2. The summed E-state index contributed by atoms with van der Waals surface area (Å²) in [5, 5.41) is 3.59. The van der Waals surface area contributed by atoms with Crippen LogP contribution in [0.15, 0.2) is 53.8 Å². The average Bonchev–Trinajstić information content (AvgIpc) is 2.58. The van der Waals surface area contributed by atoms with Crippen LogP contribution in [0.4, 0.5) is 20.3 Å². The molecule has 0 fully saturated rings. The minimum Gasteiger partial charge on any atom is -0.337 e. The summed E-state index contributed by atoms with van der Waals surface area (Å²) in [6.45, 7) is 1.83. The summed E-state index contributed by atoms with van der Waals surface area (Å²) in [5.41, 5.74) is 2.59. The van der Waals surface area contributed by atoms with Crippen LogP contribution in [0, 0.1) is 18.6 Å². The molecule has 2 aromatic carbocycles. The fourth-order valence-corrected chi connectivity index (χ4v) is 2.59. The molecule has 0 radical (unpaired) electrons. The lowest BCUT2D eigenvalue weighted by atomic mass is 10.1. The van der Waals surface area contributed by atoms with Gasteiger partial charge in [0.2, 0.25) is 0 Å². The molecule has 3 aromatic rings. The van der Waals surface area contributed by atoms with Crippen LogP contribution in [0.1, 0.15) is 5.56 Å².